The van der Waals surface area contributed by atoms with Crippen LogP contribution >= 0.6 is 0 Å². The molecule has 1 fully saturated rings. The van der Waals surface area contributed by atoms with Gasteiger partial charge in [0.2, 0.25) is 0 Å². The fourth-order valence-electron chi connectivity index (χ4n) is 3.75. The van der Waals surface area contributed by atoms with Gasteiger partial charge >= 0.3 is 12.0 Å². The summed E-state index contributed by atoms with van der Waals surface area (Å²) < 4.78 is 11.1. The van der Waals surface area contributed by atoms with Crippen molar-refractivity contribution in [2.24, 2.45) is 0 Å². The number of ether oxygens (including phenoxy) is 2. The van der Waals surface area contributed by atoms with E-state index in [4.69, 9.17) is 9.47 Å². The van der Waals surface area contributed by atoms with Crippen molar-refractivity contribution in [1.82, 2.24) is 14.9 Å². The lowest BCUT2D eigenvalue weighted by Gasteiger charge is -2.17. The third-order valence-corrected chi connectivity index (χ3v) is 5.46. The second kappa shape index (κ2) is 10.8. The van der Waals surface area contributed by atoms with Crippen molar-refractivity contribution in [1.29, 1.82) is 0 Å². The number of nitrogens with one attached hydrogen (secondary N) is 2. The van der Waals surface area contributed by atoms with Crippen LogP contribution in [0.25, 0.3) is 0 Å². The first-order chi connectivity index (χ1) is 16.5. The summed E-state index contributed by atoms with van der Waals surface area (Å²) in [6.45, 7) is 4.21. The van der Waals surface area contributed by atoms with E-state index in [1.165, 1.54) is 18.9 Å². The number of hydrogen-bond donors (Lipinski definition) is 2. The summed E-state index contributed by atoms with van der Waals surface area (Å²) in [5, 5.41) is 5.29. The molecule has 9 heteroatoms. The van der Waals surface area contributed by atoms with Crippen LogP contribution < -0.4 is 15.4 Å². The molecule has 2 aromatic carbocycles. The van der Waals surface area contributed by atoms with Crippen molar-refractivity contribution in [3.8, 4) is 5.75 Å². The van der Waals surface area contributed by atoms with Crippen LogP contribution in [0.3, 0.4) is 0 Å². The van der Waals surface area contributed by atoms with Crippen molar-refractivity contribution in [2.45, 2.75) is 26.0 Å². The van der Waals surface area contributed by atoms with Gasteiger partial charge in [-0.25, -0.2) is 14.6 Å². The van der Waals surface area contributed by atoms with E-state index in [-0.39, 0.29) is 6.10 Å². The molecule has 1 atom stereocenters. The number of aryl methyl sites for hydroxylation is 1. The number of methoxy groups -OCH3 is 1. The second-order valence-corrected chi connectivity index (χ2v) is 8.07. The zero-order chi connectivity index (χ0) is 23.9. The number of hydrogen-bond acceptors (Lipinski definition) is 7. The second-order valence-electron chi connectivity index (χ2n) is 8.07. The molecular weight excluding hydrogens is 434 g/mol. The number of carbonyl (C=O) groups excluding carboxylic acids is 2. The van der Waals surface area contributed by atoms with Crippen LogP contribution in [-0.2, 0) is 11.3 Å². The average Bonchev–Trinajstić information content (AvgIpc) is 3.27. The molecule has 3 aromatic rings. The topological polar surface area (TPSA) is 106 Å². The molecule has 1 aromatic heterocycles. The number of likely N-dealkylation sites (tertiary alicyclic amines) is 1. The minimum absolute atomic E-state index is 0.165. The Balaban J connectivity index is 1.33. The maximum atomic E-state index is 12.7. The summed E-state index contributed by atoms with van der Waals surface area (Å²) in [5.41, 5.74) is 2.75. The number of rotatable bonds is 7. The van der Waals surface area contributed by atoms with Crippen LogP contribution in [0.2, 0.25) is 0 Å². The number of aromatic nitrogens is 2. The fourth-order valence-corrected chi connectivity index (χ4v) is 3.75. The van der Waals surface area contributed by atoms with Gasteiger partial charge < -0.3 is 14.8 Å². The van der Waals surface area contributed by atoms with Crippen LogP contribution in [0.15, 0.2) is 60.9 Å². The molecule has 0 radical (unpaired) electrons. The van der Waals surface area contributed by atoms with Crippen molar-refractivity contribution >= 4 is 23.5 Å². The van der Waals surface area contributed by atoms with E-state index in [0.717, 1.165) is 25.2 Å². The number of urea groups is 1. The predicted molar refractivity (Wildman–Crippen MR) is 128 cm³/mol. The molecule has 1 aliphatic rings. The summed E-state index contributed by atoms with van der Waals surface area (Å²) in [4.78, 5) is 35.5. The van der Waals surface area contributed by atoms with E-state index >= 15 is 0 Å². The fraction of sp³-hybridized carbons (Fsp3) is 0.280. The highest BCUT2D eigenvalue weighted by Gasteiger charge is 2.26. The van der Waals surface area contributed by atoms with E-state index in [9.17, 15) is 9.59 Å². The van der Waals surface area contributed by atoms with Gasteiger partial charge in [-0.3, -0.25) is 15.2 Å². The van der Waals surface area contributed by atoms with Crippen LogP contribution in [0.1, 0.15) is 28.0 Å². The molecular formula is C25H27N5O4. The molecule has 176 valence electrons. The number of nitrogens with zero attached hydrogens (tertiary/aromatic N) is 3. The maximum Gasteiger partial charge on any atom is 0.338 e. The van der Waals surface area contributed by atoms with Gasteiger partial charge in [-0.1, -0.05) is 30.3 Å². The lowest BCUT2D eigenvalue weighted by molar-refractivity contribution is 0.0320. The normalized spacial score (nSPS) is 15.5. The van der Waals surface area contributed by atoms with Crippen LogP contribution in [0, 0.1) is 6.92 Å². The minimum Gasteiger partial charge on any atom is -0.495 e. The van der Waals surface area contributed by atoms with Crippen LogP contribution in [0.5, 0.6) is 5.75 Å². The van der Waals surface area contributed by atoms with Gasteiger partial charge in [0.15, 0.2) is 5.82 Å². The smallest absolute Gasteiger partial charge is 0.338 e. The summed E-state index contributed by atoms with van der Waals surface area (Å²) >= 11 is 0. The van der Waals surface area contributed by atoms with Gasteiger partial charge in [0, 0.05) is 19.6 Å². The largest absolute Gasteiger partial charge is 0.495 e. The Labute approximate surface area is 198 Å². The summed E-state index contributed by atoms with van der Waals surface area (Å²) in [6, 6.07) is 14.5. The highest BCUT2D eigenvalue weighted by atomic mass is 16.5. The summed E-state index contributed by atoms with van der Waals surface area (Å²) in [5.74, 6) is 0.243. The lowest BCUT2D eigenvalue weighted by Crippen LogP contribution is -2.25. The molecule has 1 aliphatic heterocycles. The third kappa shape index (κ3) is 6.08. The van der Waals surface area contributed by atoms with Crippen molar-refractivity contribution in [3.63, 3.8) is 0 Å². The Morgan fingerprint density at radius 2 is 1.91 bits per heavy atom. The molecule has 9 nitrogen and oxygen atoms in total. The predicted octanol–water partition coefficient (Wildman–Crippen LogP) is 3.87. The van der Waals surface area contributed by atoms with Crippen LogP contribution in [-0.4, -0.2) is 53.2 Å². The average molecular weight is 462 g/mol. The number of esters is 1. The third-order valence-electron chi connectivity index (χ3n) is 5.46. The first-order valence-corrected chi connectivity index (χ1v) is 11.0. The zero-order valence-corrected chi connectivity index (χ0v) is 19.2. The lowest BCUT2D eigenvalue weighted by atomic mass is 10.2. The van der Waals surface area contributed by atoms with E-state index < -0.39 is 12.0 Å². The number of anilines is 2. The molecule has 0 bridgehead atoms. The SMILES string of the molecule is COc1cc(C(=O)O[C@H]2CCN(Cc3ccccc3)C2)ccc1NC(=O)Nc1cnc(C)cn1. The Bertz CT molecular complexity index is 1140. The van der Waals surface area contributed by atoms with E-state index in [0.29, 0.717) is 29.4 Å². The van der Waals surface area contributed by atoms with E-state index in [2.05, 4.69) is 37.6 Å². The highest BCUT2D eigenvalue weighted by Crippen LogP contribution is 2.27. The molecule has 0 saturated carbocycles. The van der Waals surface area contributed by atoms with Gasteiger partial charge in [-0.2, -0.15) is 0 Å². The molecule has 34 heavy (non-hydrogen) atoms. The molecule has 0 spiro atoms. The maximum absolute atomic E-state index is 12.7. The monoisotopic (exact) mass is 461 g/mol. The van der Waals surface area contributed by atoms with Gasteiger partial charge in [0.25, 0.3) is 0 Å². The number of carbonyl (C=O) groups is 2. The Morgan fingerprint density at radius 1 is 1.09 bits per heavy atom. The van der Waals surface area contributed by atoms with Crippen molar-refractivity contribution in [3.05, 3.63) is 77.7 Å². The number of benzene rings is 2. The molecule has 4 rings (SSSR count). The molecule has 0 unspecified atom stereocenters. The standard InChI is InChI=1S/C25H27N5O4/c1-17-13-27-23(14-26-17)29-25(32)28-21-9-8-19(12-22(21)33-2)24(31)34-20-10-11-30(16-20)15-18-6-4-3-5-7-18/h3-9,12-14,20H,10-11,15-16H2,1-2H3,(H2,27,28,29,32)/t20-/m0/s1. The van der Waals surface area contributed by atoms with E-state index in [1.54, 1.807) is 24.4 Å². The molecule has 0 aliphatic carbocycles. The Hall–Kier alpha value is -3.98. The zero-order valence-electron chi connectivity index (χ0n) is 19.2. The Kier molecular flexibility index (Phi) is 7.34. The highest BCUT2D eigenvalue weighted by molar-refractivity contribution is 6.00. The molecule has 2 amide bonds. The van der Waals surface area contributed by atoms with Crippen molar-refractivity contribution < 1.29 is 19.1 Å². The van der Waals surface area contributed by atoms with Gasteiger partial charge in [-0.15, -0.1) is 0 Å². The van der Waals surface area contributed by atoms with Gasteiger partial charge in [0.1, 0.15) is 11.9 Å². The summed E-state index contributed by atoms with van der Waals surface area (Å²) in [6.07, 6.45) is 3.65. The van der Waals surface area contributed by atoms with Crippen molar-refractivity contribution in [2.75, 3.05) is 30.8 Å². The minimum atomic E-state index is -0.503. The Morgan fingerprint density at radius 3 is 2.65 bits per heavy atom. The molecule has 2 heterocycles. The molecule has 2 N–H and O–H groups in total. The van der Waals surface area contributed by atoms with Crippen LogP contribution in [0.4, 0.5) is 16.3 Å². The van der Waals surface area contributed by atoms with Gasteiger partial charge in [0.05, 0.1) is 36.4 Å². The first kappa shape index (κ1) is 23.2. The quantitative estimate of drug-likeness (QED) is 0.515. The number of amides is 2. The van der Waals surface area contributed by atoms with E-state index in [1.807, 2.05) is 25.1 Å². The van der Waals surface area contributed by atoms with Gasteiger partial charge in [-0.05, 0) is 37.1 Å². The summed E-state index contributed by atoms with van der Waals surface area (Å²) in [7, 11) is 1.47. The molecule has 1 saturated heterocycles. The first-order valence-electron chi connectivity index (χ1n) is 11.0.